The van der Waals surface area contributed by atoms with Gasteiger partial charge in [0.15, 0.2) is 0 Å². The maximum Gasteiger partial charge on any atom is 0.125 e. The Morgan fingerprint density at radius 2 is 1.26 bits per heavy atom. The van der Waals surface area contributed by atoms with E-state index in [-0.39, 0.29) is 18.5 Å². The molecule has 0 bridgehead atoms. The molecule has 27 heavy (non-hydrogen) atoms. The largest absolute Gasteiger partial charge is 0.491 e. The summed E-state index contributed by atoms with van der Waals surface area (Å²) in [7, 11) is 0. The van der Waals surface area contributed by atoms with Crippen LogP contribution in [0.4, 0.5) is 0 Å². The van der Waals surface area contributed by atoms with Gasteiger partial charge >= 0.3 is 0 Å². The van der Waals surface area contributed by atoms with Crippen molar-refractivity contribution in [3.05, 3.63) is 60.7 Å². The van der Waals surface area contributed by atoms with E-state index >= 15 is 0 Å². The van der Waals surface area contributed by atoms with Gasteiger partial charge < -0.3 is 19.1 Å². The minimum Gasteiger partial charge on any atom is -0.491 e. The van der Waals surface area contributed by atoms with Gasteiger partial charge in [-0.05, 0) is 50.2 Å². The first-order chi connectivity index (χ1) is 12.9. The first-order valence-electron chi connectivity index (χ1n) is 9.60. The summed E-state index contributed by atoms with van der Waals surface area (Å²) in [5.41, 5.74) is 0. The van der Waals surface area contributed by atoms with E-state index in [0.29, 0.717) is 19.8 Å². The normalized spacial score (nSPS) is 14.6. The number of piperidine rings is 1. The predicted molar refractivity (Wildman–Crippen MR) is 111 cm³/mol. The van der Waals surface area contributed by atoms with Gasteiger partial charge in [-0.2, -0.15) is 0 Å². The first kappa shape index (κ1) is 21.5. The smallest absolute Gasteiger partial charge is 0.125 e. The molecule has 0 atom stereocenters. The van der Waals surface area contributed by atoms with Crippen molar-refractivity contribution in [3.8, 4) is 11.5 Å². The standard InChI is InChI=1S/C22H29NO3.ClH/c1-4-10-20(11-5-1)25-18-22(19-26-21-12-6-2-7-13-21)24-17-16-23-14-8-3-9-15-23;/h1-2,4-7,10-13,22H,3,8-9,14-19H2;1H. The number of benzene rings is 2. The number of hydrogen-bond donors (Lipinski definition) is 0. The van der Waals surface area contributed by atoms with Crippen molar-refractivity contribution in [1.82, 2.24) is 4.90 Å². The third-order valence-electron chi connectivity index (χ3n) is 4.57. The molecule has 148 valence electrons. The van der Waals surface area contributed by atoms with Gasteiger partial charge in [-0.1, -0.05) is 42.8 Å². The molecule has 3 rings (SSSR count). The van der Waals surface area contributed by atoms with Gasteiger partial charge in [0.05, 0.1) is 6.61 Å². The maximum atomic E-state index is 6.10. The number of halogens is 1. The lowest BCUT2D eigenvalue weighted by Crippen LogP contribution is -2.36. The second-order valence-electron chi connectivity index (χ2n) is 6.64. The zero-order chi connectivity index (χ0) is 17.9. The van der Waals surface area contributed by atoms with Crippen molar-refractivity contribution in [2.75, 3.05) is 39.5 Å². The van der Waals surface area contributed by atoms with Crippen LogP contribution in [0.15, 0.2) is 60.7 Å². The van der Waals surface area contributed by atoms with Crippen LogP contribution in [0.2, 0.25) is 0 Å². The van der Waals surface area contributed by atoms with E-state index in [4.69, 9.17) is 14.2 Å². The van der Waals surface area contributed by atoms with E-state index in [1.54, 1.807) is 0 Å². The van der Waals surface area contributed by atoms with E-state index in [1.165, 1.54) is 32.4 Å². The summed E-state index contributed by atoms with van der Waals surface area (Å²) < 4.78 is 17.9. The zero-order valence-electron chi connectivity index (χ0n) is 15.8. The lowest BCUT2D eigenvalue weighted by atomic mass is 10.1. The van der Waals surface area contributed by atoms with Gasteiger partial charge in [0.25, 0.3) is 0 Å². The summed E-state index contributed by atoms with van der Waals surface area (Å²) in [5.74, 6) is 1.72. The molecule has 1 aliphatic rings. The number of ether oxygens (including phenoxy) is 3. The number of hydrogen-bond acceptors (Lipinski definition) is 4. The average Bonchev–Trinajstić information content (AvgIpc) is 2.72. The van der Waals surface area contributed by atoms with Crippen molar-refractivity contribution < 1.29 is 14.2 Å². The van der Waals surface area contributed by atoms with Crippen LogP contribution in [-0.4, -0.2) is 50.5 Å². The highest BCUT2D eigenvalue weighted by Gasteiger charge is 2.14. The molecule has 1 fully saturated rings. The fraction of sp³-hybridized carbons (Fsp3) is 0.455. The second kappa shape index (κ2) is 12.6. The van der Waals surface area contributed by atoms with Crippen LogP contribution in [0.5, 0.6) is 11.5 Å². The monoisotopic (exact) mass is 391 g/mol. The zero-order valence-corrected chi connectivity index (χ0v) is 16.6. The molecule has 2 aromatic carbocycles. The van der Waals surface area contributed by atoms with Gasteiger partial charge in [0.1, 0.15) is 30.8 Å². The Morgan fingerprint density at radius 1 is 0.741 bits per heavy atom. The van der Waals surface area contributed by atoms with Gasteiger partial charge in [-0.3, -0.25) is 0 Å². The summed E-state index contributed by atoms with van der Waals surface area (Å²) in [6.45, 7) is 5.03. The molecular formula is C22H30ClNO3. The lowest BCUT2D eigenvalue weighted by Gasteiger charge is -2.27. The molecule has 0 unspecified atom stereocenters. The van der Waals surface area contributed by atoms with Gasteiger partial charge in [0.2, 0.25) is 0 Å². The molecule has 0 saturated carbocycles. The van der Waals surface area contributed by atoms with Gasteiger partial charge in [-0.15, -0.1) is 12.4 Å². The van der Waals surface area contributed by atoms with Crippen LogP contribution in [0.25, 0.3) is 0 Å². The Balaban J connectivity index is 0.00000261. The quantitative estimate of drug-likeness (QED) is 0.599. The SMILES string of the molecule is Cl.c1ccc(OCC(COc2ccccc2)OCCN2CCCCC2)cc1. The molecule has 0 spiro atoms. The van der Waals surface area contributed by atoms with Crippen molar-refractivity contribution >= 4 is 12.4 Å². The first-order valence-corrected chi connectivity index (χ1v) is 9.60. The van der Waals surface area contributed by atoms with E-state index in [2.05, 4.69) is 4.90 Å². The molecule has 0 N–H and O–H groups in total. The fourth-order valence-electron chi connectivity index (χ4n) is 3.09. The molecule has 1 aliphatic heterocycles. The number of para-hydroxylation sites is 2. The van der Waals surface area contributed by atoms with E-state index < -0.39 is 0 Å². The Kier molecular flexibility index (Phi) is 10.1. The van der Waals surface area contributed by atoms with Crippen molar-refractivity contribution in [2.45, 2.75) is 25.4 Å². The maximum absolute atomic E-state index is 6.10. The third-order valence-corrected chi connectivity index (χ3v) is 4.57. The van der Waals surface area contributed by atoms with Crippen LogP contribution >= 0.6 is 12.4 Å². The van der Waals surface area contributed by atoms with E-state index in [1.807, 2.05) is 60.7 Å². The van der Waals surface area contributed by atoms with Crippen LogP contribution in [-0.2, 0) is 4.74 Å². The summed E-state index contributed by atoms with van der Waals surface area (Å²) in [6, 6.07) is 19.7. The molecule has 0 aliphatic carbocycles. The van der Waals surface area contributed by atoms with Crippen LogP contribution in [0.3, 0.4) is 0 Å². The van der Waals surface area contributed by atoms with Crippen LogP contribution in [0.1, 0.15) is 19.3 Å². The Bertz CT molecular complexity index is 562. The predicted octanol–water partition coefficient (Wildman–Crippen LogP) is 4.44. The molecule has 0 radical (unpaired) electrons. The molecule has 0 amide bonds. The van der Waals surface area contributed by atoms with Crippen molar-refractivity contribution in [3.63, 3.8) is 0 Å². The van der Waals surface area contributed by atoms with Gasteiger partial charge in [0, 0.05) is 6.54 Å². The van der Waals surface area contributed by atoms with Gasteiger partial charge in [-0.25, -0.2) is 0 Å². The highest BCUT2D eigenvalue weighted by molar-refractivity contribution is 5.85. The Labute approximate surface area is 168 Å². The third kappa shape index (κ3) is 8.21. The summed E-state index contributed by atoms with van der Waals surface area (Å²) in [6.07, 6.45) is 3.87. The molecule has 2 aromatic rings. The minimum absolute atomic E-state index is 0. The van der Waals surface area contributed by atoms with E-state index in [9.17, 15) is 0 Å². The second-order valence-corrected chi connectivity index (χ2v) is 6.64. The highest BCUT2D eigenvalue weighted by atomic mass is 35.5. The summed E-state index contributed by atoms with van der Waals surface area (Å²) in [4.78, 5) is 2.48. The molecule has 5 heteroatoms. The summed E-state index contributed by atoms with van der Waals surface area (Å²) in [5, 5.41) is 0. The highest BCUT2D eigenvalue weighted by Crippen LogP contribution is 2.13. The fourth-order valence-corrected chi connectivity index (χ4v) is 3.09. The average molecular weight is 392 g/mol. The number of rotatable bonds is 10. The molecule has 1 saturated heterocycles. The minimum atomic E-state index is -0.0970. The Morgan fingerprint density at radius 3 is 1.78 bits per heavy atom. The van der Waals surface area contributed by atoms with E-state index in [0.717, 1.165) is 18.0 Å². The van der Waals surface area contributed by atoms with Crippen LogP contribution in [0, 0.1) is 0 Å². The molecule has 4 nitrogen and oxygen atoms in total. The van der Waals surface area contributed by atoms with Crippen molar-refractivity contribution in [2.24, 2.45) is 0 Å². The molecule has 1 heterocycles. The number of nitrogens with zero attached hydrogens (tertiary/aromatic N) is 1. The van der Waals surface area contributed by atoms with Crippen molar-refractivity contribution in [1.29, 1.82) is 0 Å². The topological polar surface area (TPSA) is 30.9 Å². The lowest BCUT2D eigenvalue weighted by molar-refractivity contribution is -0.0164. The molecule has 0 aromatic heterocycles. The summed E-state index contributed by atoms with van der Waals surface area (Å²) >= 11 is 0. The number of likely N-dealkylation sites (tertiary alicyclic amines) is 1. The molecular weight excluding hydrogens is 362 g/mol. The Hall–Kier alpha value is -1.75. The van der Waals surface area contributed by atoms with Crippen LogP contribution < -0.4 is 9.47 Å².